The molecule has 0 aliphatic carbocycles. The minimum absolute atomic E-state index is 0.107. The van der Waals surface area contributed by atoms with E-state index in [1.165, 1.54) is 0 Å². The molecule has 4 nitrogen and oxygen atoms in total. The van der Waals surface area contributed by atoms with Gasteiger partial charge in [0.2, 0.25) is 0 Å². The van der Waals surface area contributed by atoms with E-state index < -0.39 is 0 Å². The van der Waals surface area contributed by atoms with Crippen LogP contribution >= 0.6 is 15.9 Å². The van der Waals surface area contributed by atoms with Gasteiger partial charge in [-0.15, -0.1) is 0 Å². The Morgan fingerprint density at radius 3 is 3.00 bits per heavy atom. The number of aryl methyl sites for hydroxylation is 1. The maximum atomic E-state index is 11.9. The molecule has 1 aliphatic heterocycles. The minimum Gasteiger partial charge on any atom is -0.368 e. The lowest BCUT2D eigenvalue weighted by atomic mass is 10.0. The highest BCUT2D eigenvalue weighted by Crippen LogP contribution is 2.22. The summed E-state index contributed by atoms with van der Waals surface area (Å²) in [6.45, 7) is 4.64. The van der Waals surface area contributed by atoms with E-state index in [9.17, 15) is 4.79 Å². The predicted octanol–water partition coefficient (Wildman–Crippen LogP) is 2.52. The van der Waals surface area contributed by atoms with Crippen molar-refractivity contribution in [2.24, 2.45) is 5.92 Å². The molecule has 0 spiro atoms. The predicted molar refractivity (Wildman–Crippen MR) is 68.8 cm³/mol. The maximum Gasteiger partial charge on any atom is 0.254 e. The molecule has 1 amide bonds. The van der Waals surface area contributed by atoms with Crippen LogP contribution in [0.25, 0.3) is 0 Å². The fourth-order valence-electron chi connectivity index (χ4n) is 1.84. The number of rotatable bonds is 2. The number of carbonyl (C=O) groups excluding carboxylic acids is 1. The molecule has 1 aliphatic rings. The average Bonchev–Trinajstić information content (AvgIpc) is 2.70. The largest absolute Gasteiger partial charge is 0.368 e. The van der Waals surface area contributed by atoms with E-state index >= 15 is 0 Å². The first-order chi connectivity index (χ1) is 8.08. The second kappa shape index (κ2) is 5.14. The number of nitrogens with zero attached hydrogens (tertiary/aromatic N) is 1. The molecule has 1 aromatic rings. The molecule has 0 saturated carbocycles. The first-order valence-corrected chi connectivity index (χ1v) is 6.42. The van der Waals surface area contributed by atoms with Crippen LogP contribution in [0.15, 0.2) is 16.7 Å². The number of aromatic nitrogens is 1. The lowest BCUT2D eigenvalue weighted by molar-refractivity contribution is -0.126. The van der Waals surface area contributed by atoms with Gasteiger partial charge in [-0.2, -0.15) is 0 Å². The molecule has 1 fully saturated rings. The van der Waals surface area contributed by atoms with Crippen LogP contribution in [-0.4, -0.2) is 23.6 Å². The van der Waals surface area contributed by atoms with E-state index in [0.29, 0.717) is 12.4 Å². The molecule has 1 N–H and O–H groups in total. The molecule has 2 unspecified atom stereocenters. The van der Waals surface area contributed by atoms with Crippen molar-refractivity contribution in [3.63, 3.8) is 0 Å². The first-order valence-electron chi connectivity index (χ1n) is 5.62. The topological polar surface area (TPSA) is 51.2 Å². The standard InChI is InChI=1S/C12H15BrN2O2/c1-7-3-4-17-11(7)12(16)15-10-5-8(2)9(13)6-14-10/h5-7,11H,3-4H2,1-2H3,(H,14,15,16). The van der Waals surface area contributed by atoms with E-state index in [0.717, 1.165) is 16.5 Å². The van der Waals surface area contributed by atoms with Crippen LogP contribution in [0.4, 0.5) is 5.82 Å². The smallest absolute Gasteiger partial charge is 0.254 e. The van der Waals surface area contributed by atoms with Gasteiger partial charge >= 0.3 is 0 Å². The number of ether oxygens (including phenoxy) is 1. The first kappa shape index (κ1) is 12.5. The highest BCUT2D eigenvalue weighted by atomic mass is 79.9. The van der Waals surface area contributed by atoms with Crippen molar-refractivity contribution in [1.82, 2.24) is 4.98 Å². The van der Waals surface area contributed by atoms with Crippen LogP contribution in [0, 0.1) is 12.8 Å². The molecule has 1 aromatic heterocycles. The third kappa shape index (κ3) is 2.84. The average molecular weight is 299 g/mol. The van der Waals surface area contributed by atoms with Crippen molar-refractivity contribution in [3.05, 3.63) is 22.3 Å². The summed E-state index contributed by atoms with van der Waals surface area (Å²) in [6, 6.07) is 1.83. The van der Waals surface area contributed by atoms with Crippen molar-refractivity contribution in [1.29, 1.82) is 0 Å². The summed E-state index contributed by atoms with van der Waals surface area (Å²) in [4.78, 5) is 16.1. The summed E-state index contributed by atoms with van der Waals surface area (Å²) in [6.07, 6.45) is 2.27. The number of hydrogen-bond donors (Lipinski definition) is 1. The molecule has 92 valence electrons. The molecule has 17 heavy (non-hydrogen) atoms. The van der Waals surface area contributed by atoms with Crippen molar-refractivity contribution in [3.8, 4) is 0 Å². The van der Waals surface area contributed by atoms with E-state index in [-0.39, 0.29) is 17.9 Å². The van der Waals surface area contributed by atoms with Crippen LogP contribution in [0.3, 0.4) is 0 Å². The fourth-order valence-corrected chi connectivity index (χ4v) is 2.05. The zero-order chi connectivity index (χ0) is 12.4. The molecule has 0 aromatic carbocycles. The third-order valence-corrected chi connectivity index (χ3v) is 3.77. The highest BCUT2D eigenvalue weighted by molar-refractivity contribution is 9.10. The van der Waals surface area contributed by atoms with Crippen LogP contribution in [0.5, 0.6) is 0 Å². The molecule has 0 bridgehead atoms. The minimum atomic E-state index is -0.347. The summed E-state index contributed by atoms with van der Waals surface area (Å²) < 4.78 is 6.34. The molecule has 2 heterocycles. The van der Waals surface area contributed by atoms with Gasteiger partial charge in [0.05, 0.1) is 0 Å². The Kier molecular flexibility index (Phi) is 3.79. The summed E-state index contributed by atoms with van der Waals surface area (Å²) >= 11 is 3.37. The molecule has 5 heteroatoms. The van der Waals surface area contributed by atoms with Gasteiger partial charge in [0.25, 0.3) is 5.91 Å². The Morgan fingerprint density at radius 2 is 2.41 bits per heavy atom. The second-order valence-electron chi connectivity index (χ2n) is 4.37. The Balaban J connectivity index is 2.05. The molecule has 2 rings (SSSR count). The number of anilines is 1. The number of halogens is 1. The summed E-state index contributed by atoms with van der Waals surface area (Å²) in [7, 11) is 0. The summed E-state index contributed by atoms with van der Waals surface area (Å²) in [5, 5.41) is 2.79. The SMILES string of the molecule is Cc1cc(NC(=O)C2OCCC2C)ncc1Br. The van der Waals surface area contributed by atoms with Crippen LogP contribution in [-0.2, 0) is 9.53 Å². The molecular formula is C12H15BrN2O2. The van der Waals surface area contributed by atoms with Gasteiger partial charge in [0, 0.05) is 17.3 Å². The number of hydrogen-bond acceptors (Lipinski definition) is 3. The second-order valence-corrected chi connectivity index (χ2v) is 5.22. The zero-order valence-corrected chi connectivity index (χ0v) is 11.5. The van der Waals surface area contributed by atoms with Crippen LogP contribution in [0.2, 0.25) is 0 Å². The van der Waals surface area contributed by atoms with E-state index in [2.05, 4.69) is 26.2 Å². The van der Waals surface area contributed by atoms with E-state index in [4.69, 9.17) is 4.74 Å². The Hall–Kier alpha value is -0.940. The van der Waals surface area contributed by atoms with Gasteiger partial charge in [0.1, 0.15) is 11.9 Å². The monoisotopic (exact) mass is 298 g/mol. The van der Waals surface area contributed by atoms with Gasteiger partial charge < -0.3 is 10.1 Å². The lowest BCUT2D eigenvalue weighted by Crippen LogP contribution is -2.31. The summed E-state index contributed by atoms with van der Waals surface area (Å²) in [5.41, 5.74) is 1.04. The Labute approximate surface area is 109 Å². The number of pyridine rings is 1. The highest BCUT2D eigenvalue weighted by Gasteiger charge is 2.30. The molecule has 1 saturated heterocycles. The summed E-state index contributed by atoms with van der Waals surface area (Å²) in [5.74, 6) is 0.731. The zero-order valence-electron chi connectivity index (χ0n) is 9.87. The quantitative estimate of drug-likeness (QED) is 0.913. The van der Waals surface area contributed by atoms with E-state index in [1.807, 2.05) is 19.9 Å². The van der Waals surface area contributed by atoms with Crippen molar-refractivity contribution >= 4 is 27.7 Å². The van der Waals surface area contributed by atoms with E-state index in [1.54, 1.807) is 6.20 Å². The Morgan fingerprint density at radius 1 is 1.65 bits per heavy atom. The molecule has 0 radical (unpaired) electrons. The van der Waals surface area contributed by atoms with Gasteiger partial charge in [-0.05, 0) is 46.8 Å². The van der Waals surface area contributed by atoms with Gasteiger partial charge in [-0.25, -0.2) is 4.98 Å². The van der Waals surface area contributed by atoms with Gasteiger partial charge in [0.15, 0.2) is 0 Å². The van der Waals surface area contributed by atoms with Crippen LogP contribution in [0.1, 0.15) is 18.9 Å². The maximum absolute atomic E-state index is 11.9. The van der Waals surface area contributed by atoms with Crippen LogP contribution < -0.4 is 5.32 Å². The third-order valence-electron chi connectivity index (χ3n) is 2.94. The number of carbonyl (C=O) groups is 1. The number of amides is 1. The normalized spacial score (nSPS) is 23.7. The van der Waals surface area contributed by atoms with Gasteiger partial charge in [-0.1, -0.05) is 6.92 Å². The Bertz CT molecular complexity index is 437. The van der Waals surface area contributed by atoms with Crippen molar-refractivity contribution < 1.29 is 9.53 Å². The molecular weight excluding hydrogens is 284 g/mol. The lowest BCUT2D eigenvalue weighted by Gasteiger charge is -2.14. The fraction of sp³-hybridized carbons (Fsp3) is 0.500. The molecule has 2 atom stereocenters. The van der Waals surface area contributed by atoms with Crippen molar-refractivity contribution in [2.45, 2.75) is 26.4 Å². The van der Waals surface area contributed by atoms with Crippen molar-refractivity contribution in [2.75, 3.05) is 11.9 Å². The number of nitrogens with one attached hydrogen (secondary N) is 1. The van der Waals surface area contributed by atoms with Gasteiger partial charge in [-0.3, -0.25) is 4.79 Å².